The van der Waals surface area contributed by atoms with Crippen molar-refractivity contribution in [3.8, 4) is 0 Å². The van der Waals surface area contributed by atoms with Gasteiger partial charge in [-0.1, -0.05) is 22.0 Å². The fourth-order valence-electron chi connectivity index (χ4n) is 2.44. The van der Waals surface area contributed by atoms with Crippen LogP contribution in [0.1, 0.15) is 19.5 Å². The molecule has 7 heteroatoms. The summed E-state index contributed by atoms with van der Waals surface area (Å²) in [4.78, 5) is 4.17. The summed E-state index contributed by atoms with van der Waals surface area (Å²) in [6.07, 6.45) is 2.00. The van der Waals surface area contributed by atoms with Gasteiger partial charge in [-0.2, -0.15) is 4.31 Å². The topological polar surface area (TPSA) is 59.5 Å². The molecular weight excluding hydrogens is 356 g/mol. The van der Waals surface area contributed by atoms with Crippen molar-refractivity contribution in [2.24, 2.45) is 0 Å². The molecule has 1 saturated heterocycles. The van der Waals surface area contributed by atoms with Crippen LogP contribution in [0.3, 0.4) is 0 Å². The van der Waals surface area contributed by atoms with Gasteiger partial charge in [0.05, 0.1) is 17.5 Å². The number of alkyl halides is 1. The fraction of sp³-hybridized carbons (Fsp3) is 0.643. The van der Waals surface area contributed by atoms with E-state index >= 15 is 0 Å². The van der Waals surface area contributed by atoms with Crippen LogP contribution in [0, 0.1) is 0 Å². The second kappa shape index (κ2) is 6.73. The van der Waals surface area contributed by atoms with Gasteiger partial charge < -0.3 is 4.74 Å². The molecule has 1 aliphatic heterocycles. The molecule has 1 atom stereocenters. The maximum atomic E-state index is 12.5. The van der Waals surface area contributed by atoms with Crippen LogP contribution in [-0.4, -0.2) is 53.6 Å². The molecule has 0 N–H and O–H groups in total. The minimum atomic E-state index is -3.30. The summed E-state index contributed by atoms with van der Waals surface area (Å²) in [6.45, 7) is 4.63. The second-order valence-corrected chi connectivity index (χ2v) is 8.57. The van der Waals surface area contributed by atoms with E-state index < -0.39 is 15.6 Å². The van der Waals surface area contributed by atoms with Crippen LogP contribution < -0.4 is 0 Å². The van der Waals surface area contributed by atoms with Crippen LogP contribution in [0.25, 0.3) is 0 Å². The Balaban J connectivity index is 2.04. The molecule has 1 fully saturated rings. The molecule has 1 unspecified atom stereocenters. The molecule has 1 aromatic rings. The first-order valence-electron chi connectivity index (χ1n) is 6.94. The molecule has 0 radical (unpaired) electrons. The predicted octanol–water partition coefficient (Wildman–Crippen LogP) is 1.83. The zero-order valence-corrected chi connectivity index (χ0v) is 14.7. The van der Waals surface area contributed by atoms with Crippen LogP contribution >= 0.6 is 15.9 Å². The number of hydrogen-bond acceptors (Lipinski definition) is 4. The maximum absolute atomic E-state index is 12.5. The number of aromatic nitrogens is 1. The lowest BCUT2D eigenvalue weighted by atomic mass is 10.1. The third-order valence-corrected chi connectivity index (χ3v) is 5.87. The van der Waals surface area contributed by atoms with Gasteiger partial charge in [-0.05, 0) is 26.0 Å². The lowest BCUT2D eigenvalue weighted by Crippen LogP contribution is -2.55. The summed E-state index contributed by atoms with van der Waals surface area (Å²) < 4.78 is 32.5. The zero-order valence-electron chi connectivity index (χ0n) is 12.3. The van der Waals surface area contributed by atoms with Crippen molar-refractivity contribution in [1.29, 1.82) is 0 Å². The van der Waals surface area contributed by atoms with Crippen molar-refractivity contribution < 1.29 is 13.2 Å². The Morgan fingerprint density at radius 2 is 2.24 bits per heavy atom. The SMILES string of the molecule is CC1(C)CN(S(=O)(=O)CCc2ccccn2)CC(CBr)O1. The normalized spacial score (nSPS) is 23.1. The monoisotopic (exact) mass is 376 g/mol. The van der Waals surface area contributed by atoms with Crippen molar-refractivity contribution in [3.63, 3.8) is 0 Å². The van der Waals surface area contributed by atoms with E-state index in [9.17, 15) is 8.42 Å². The summed E-state index contributed by atoms with van der Waals surface area (Å²) in [5.74, 6) is 0.0785. The van der Waals surface area contributed by atoms with Gasteiger partial charge in [0.15, 0.2) is 0 Å². The van der Waals surface area contributed by atoms with Gasteiger partial charge in [0.1, 0.15) is 0 Å². The lowest BCUT2D eigenvalue weighted by Gasteiger charge is -2.41. The summed E-state index contributed by atoms with van der Waals surface area (Å²) in [5, 5.41) is 0.628. The van der Waals surface area contributed by atoms with E-state index in [2.05, 4.69) is 20.9 Å². The van der Waals surface area contributed by atoms with Crippen LogP contribution in [0.2, 0.25) is 0 Å². The van der Waals surface area contributed by atoms with E-state index in [1.165, 1.54) is 0 Å². The Hall–Kier alpha value is -0.500. The van der Waals surface area contributed by atoms with Crippen LogP contribution in [0.15, 0.2) is 24.4 Å². The molecule has 118 valence electrons. The Morgan fingerprint density at radius 3 is 2.86 bits per heavy atom. The molecule has 0 amide bonds. The largest absolute Gasteiger partial charge is 0.369 e. The number of rotatable bonds is 5. The van der Waals surface area contributed by atoms with Crippen LogP contribution in [-0.2, 0) is 21.2 Å². The van der Waals surface area contributed by atoms with E-state index in [0.717, 1.165) is 5.69 Å². The number of nitrogens with zero attached hydrogens (tertiary/aromatic N) is 2. The van der Waals surface area contributed by atoms with Crippen molar-refractivity contribution in [1.82, 2.24) is 9.29 Å². The standard InChI is InChI=1S/C14H21BrN2O3S/c1-14(2)11-17(10-13(9-15)20-14)21(18,19)8-6-12-5-3-4-7-16-12/h3-5,7,13H,6,8-11H2,1-2H3. The molecule has 0 spiro atoms. The van der Waals surface area contributed by atoms with Gasteiger partial charge in [0.2, 0.25) is 10.0 Å². The number of ether oxygens (including phenoxy) is 1. The highest BCUT2D eigenvalue weighted by molar-refractivity contribution is 9.09. The second-order valence-electron chi connectivity index (χ2n) is 5.83. The van der Waals surface area contributed by atoms with Gasteiger partial charge in [0.25, 0.3) is 0 Å². The van der Waals surface area contributed by atoms with Gasteiger partial charge in [-0.25, -0.2) is 8.42 Å². The van der Waals surface area contributed by atoms with E-state index in [0.29, 0.717) is 24.8 Å². The molecule has 21 heavy (non-hydrogen) atoms. The zero-order chi connectivity index (χ0) is 15.5. The van der Waals surface area contributed by atoms with Gasteiger partial charge in [-0.3, -0.25) is 4.98 Å². The Morgan fingerprint density at radius 1 is 1.48 bits per heavy atom. The summed E-state index contributed by atoms with van der Waals surface area (Å²) in [5.41, 5.74) is 0.333. The molecule has 2 heterocycles. The number of halogens is 1. The first-order valence-corrected chi connectivity index (χ1v) is 9.67. The van der Waals surface area contributed by atoms with Crippen LogP contribution in [0.5, 0.6) is 0 Å². The number of sulfonamides is 1. The fourth-order valence-corrected chi connectivity index (χ4v) is 4.41. The summed E-state index contributed by atoms with van der Waals surface area (Å²) in [6, 6.07) is 5.54. The quantitative estimate of drug-likeness (QED) is 0.735. The summed E-state index contributed by atoms with van der Waals surface area (Å²) >= 11 is 3.38. The van der Waals surface area contributed by atoms with E-state index in [1.54, 1.807) is 10.5 Å². The lowest BCUT2D eigenvalue weighted by molar-refractivity contribution is -0.106. The molecule has 2 rings (SSSR count). The molecule has 1 aliphatic rings. The Bertz CT molecular complexity index is 563. The number of aryl methyl sites for hydroxylation is 1. The first kappa shape index (κ1) is 16.9. The van der Waals surface area contributed by atoms with Crippen LogP contribution in [0.4, 0.5) is 0 Å². The maximum Gasteiger partial charge on any atom is 0.214 e. The molecule has 5 nitrogen and oxygen atoms in total. The average molecular weight is 377 g/mol. The molecule has 1 aromatic heterocycles. The first-order chi connectivity index (χ1) is 9.82. The van der Waals surface area contributed by atoms with Crippen molar-refractivity contribution >= 4 is 26.0 Å². The molecular formula is C14H21BrN2O3S. The van der Waals surface area contributed by atoms with E-state index in [-0.39, 0.29) is 11.9 Å². The highest BCUT2D eigenvalue weighted by atomic mass is 79.9. The molecule has 0 aromatic carbocycles. The van der Waals surface area contributed by atoms with Gasteiger partial charge >= 0.3 is 0 Å². The summed E-state index contributed by atoms with van der Waals surface area (Å²) in [7, 11) is -3.30. The number of hydrogen-bond donors (Lipinski definition) is 0. The van der Waals surface area contributed by atoms with E-state index in [4.69, 9.17) is 4.74 Å². The third-order valence-electron chi connectivity index (χ3n) is 3.36. The van der Waals surface area contributed by atoms with Crippen molar-refractivity contribution in [3.05, 3.63) is 30.1 Å². The highest BCUT2D eigenvalue weighted by Crippen LogP contribution is 2.24. The third kappa shape index (κ3) is 4.74. The van der Waals surface area contributed by atoms with Gasteiger partial charge in [0, 0.05) is 36.7 Å². The minimum absolute atomic E-state index is 0.0785. The minimum Gasteiger partial charge on any atom is -0.369 e. The van der Waals surface area contributed by atoms with Crippen molar-refractivity contribution in [2.75, 3.05) is 24.2 Å². The Kier molecular flexibility index (Phi) is 5.40. The van der Waals surface area contributed by atoms with Gasteiger partial charge in [-0.15, -0.1) is 0 Å². The Labute approximate surface area is 134 Å². The predicted molar refractivity (Wildman–Crippen MR) is 86.0 cm³/mol. The number of pyridine rings is 1. The molecule has 0 bridgehead atoms. The highest BCUT2D eigenvalue weighted by Gasteiger charge is 2.38. The average Bonchev–Trinajstić information content (AvgIpc) is 2.44. The smallest absolute Gasteiger partial charge is 0.214 e. The molecule has 0 aliphatic carbocycles. The number of morpholine rings is 1. The van der Waals surface area contributed by atoms with Crippen molar-refractivity contribution in [2.45, 2.75) is 32.0 Å². The molecule has 0 saturated carbocycles. The van der Waals surface area contributed by atoms with E-state index in [1.807, 2.05) is 32.0 Å².